The van der Waals surface area contributed by atoms with Crippen LogP contribution in [0.4, 0.5) is 0 Å². The number of rotatable bonds is 4. The molecular formula is C14H22N4O2. The minimum absolute atomic E-state index is 0.0904. The molecule has 1 saturated heterocycles. The van der Waals surface area contributed by atoms with Crippen LogP contribution in [0.3, 0.4) is 0 Å². The van der Waals surface area contributed by atoms with E-state index in [0.29, 0.717) is 0 Å². The van der Waals surface area contributed by atoms with E-state index in [4.69, 9.17) is 4.74 Å². The Kier molecular flexibility index (Phi) is 4.32. The lowest BCUT2D eigenvalue weighted by molar-refractivity contribution is -0.125. The first kappa shape index (κ1) is 13.6. The van der Waals surface area contributed by atoms with Crippen LogP contribution in [0.2, 0.25) is 0 Å². The lowest BCUT2D eigenvalue weighted by Crippen LogP contribution is -2.43. The lowest BCUT2D eigenvalue weighted by atomic mass is 9.89. The van der Waals surface area contributed by atoms with Crippen molar-refractivity contribution < 1.29 is 9.53 Å². The summed E-state index contributed by atoms with van der Waals surface area (Å²) in [5.41, 5.74) is 2.26. The first-order valence-corrected chi connectivity index (χ1v) is 7.42. The molecule has 2 heterocycles. The monoisotopic (exact) mass is 278 g/mol. The molecule has 1 unspecified atom stereocenters. The van der Waals surface area contributed by atoms with Crippen molar-refractivity contribution in [2.45, 2.75) is 19.3 Å². The first-order chi connectivity index (χ1) is 9.83. The summed E-state index contributed by atoms with van der Waals surface area (Å²) in [7, 11) is 0. The number of nitrogens with one attached hydrogen (secondary N) is 2. The van der Waals surface area contributed by atoms with Crippen LogP contribution in [-0.2, 0) is 22.4 Å². The Morgan fingerprint density at radius 3 is 3.20 bits per heavy atom. The second-order valence-electron chi connectivity index (χ2n) is 5.51. The van der Waals surface area contributed by atoms with E-state index in [2.05, 4.69) is 20.2 Å². The SMILES string of the molecule is O=C(NCCN1CCOCC1)C1CCc2nc[nH]c2C1. The van der Waals surface area contributed by atoms with Gasteiger partial charge in [0.1, 0.15) is 0 Å². The van der Waals surface area contributed by atoms with Crippen molar-refractivity contribution in [2.24, 2.45) is 5.92 Å². The summed E-state index contributed by atoms with van der Waals surface area (Å²) in [5, 5.41) is 3.07. The molecule has 6 nitrogen and oxygen atoms in total. The van der Waals surface area contributed by atoms with E-state index in [1.807, 2.05) is 0 Å². The fraction of sp³-hybridized carbons (Fsp3) is 0.714. The summed E-state index contributed by atoms with van der Waals surface area (Å²) < 4.78 is 5.31. The molecule has 6 heteroatoms. The number of H-pyrrole nitrogens is 1. The molecule has 0 aromatic carbocycles. The quantitative estimate of drug-likeness (QED) is 0.811. The minimum Gasteiger partial charge on any atom is -0.379 e. The van der Waals surface area contributed by atoms with Gasteiger partial charge < -0.3 is 15.0 Å². The zero-order chi connectivity index (χ0) is 13.8. The average molecular weight is 278 g/mol. The van der Waals surface area contributed by atoms with E-state index < -0.39 is 0 Å². The van der Waals surface area contributed by atoms with Crippen molar-refractivity contribution in [3.8, 4) is 0 Å². The van der Waals surface area contributed by atoms with Gasteiger partial charge in [-0.1, -0.05) is 0 Å². The van der Waals surface area contributed by atoms with Gasteiger partial charge in [-0.3, -0.25) is 9.69 Å². The number of fused-ring (bicyclic) bond motifs is 1. The predicted octanol–water partition coefficient (Wildman–Crippen LogP) is -0.0370. The Labute approximate surface area is 118 Å². The number of carbonyl (C=O) groups excluding carboxylic acids is 1. The Morgan fingerprint density at radius 2 is 2.35 bits per heavy atom. The van der Waals surface area contributed by atoms with Crippen LogP contribution in [0.15, 0.2) is 6.33 Å². The zero-order valence-corrected chi connectivity index (χ0v) is 11.7. The third kappa shape index (κ3) is 3.19. The Bertz CT molecular complexity index is 454. The molecular weight excluding hydrogens is 256 g/mol. The molecule has 1 aliphatic heterocycles. The molecule has 1 atom stereocenters. The van der Waals surface area contributed by atoms with Crippen LogP contribution in [0.25, 0.3) is 0 Å². The van der Waals surface area contributed by atoms with Gasteiger partial charge in [0.05, 0.1) is 25.2 Å². The highest BCUT2D eigenvalue weighted by molar-refractivity contribution is 5.79. The zero-order valence-electron chi connectivity index (χ0n) is 11.7. The second-order valence-corrected chi connectivity index (χ2v) is 5.51. The van der Waals surface area contributed by atoms with E-state index >= 15 is 0 Å². The lowest BCUT2D eigenvalue weighted by Gasteiger charge is -2.27. The van der Waals surface area contributed by atoms with E-state index in [9.17, 15) is 4.79 Å². The van der Waals surface area contributed by atoms with E-state index in [-0.39, 0.29) is 11.8 Å². The number of aryl methyl sites for hydroxylation is 1. The van der Waals surface area contributed by atoms with Crippen LogP contribution in [0, 0.1) is 5.92 Å². The van der Waals surface area contributed by atoms with Gasteiger partial charge in [-0.15, -0.1) is 0 Å². The largest absolute Gasteiger partial charge is 0.379 e. The molecule has 110 valence electrons. The molecule has 2 N–H and O–H groups in total. The molecule has 0 spiro atoms. The molecule has 0 bridgehead atoms. The van der Waals surface area contributed by atoms with Gasteiger partial charge in [0.25, 0.3) is 0 Å². The van der Waals surface area contributed by atoms with Crippen molar-refractivity contribution >= 4 is 5.91 Å². The molecule has 1 fully saturated rings. The van der Waals surface area contributed by atoms with Crippen molar-refractivity contribution in [3.05, 3.63) is 17.7 Å². The van der Waals surface area contributed by atoms with Gasteiger partial charge >= 0.3 is 0 Å². The number of aromatic nitrogens is 2. The highest BCUT2D eigenvalue weighted by atomic mass is 16.5. The number of hydrogen-bond acceptors (Lipinski definition) is 4. The molecule has 2 aliphatic rings. The smallest absolute Gasteiger partial charge is 0.223 e. The topological polar surface area (TPSA) is 70.2 Å². The fourth-order valence-corrected chi connectivity index (χ4v) is 2.93. The second kappa shape index (κ2) is 6.37. The van der Waals surface area contributed by atoms with Gasteiger partial charge in [0.2, 0.25) is 5.91 Å². The highest BCUT2D eigenvalue weighted by Crippen LogP contribution is 2.22. The highest BCUT2D eigenvalue weighted by Gasteiger charge is 2.25. The minimum atomic E-state index is 0.0904. The molecule has 0 radical (unpaired) electrons. The summed E-state index contributed by atoms with van der Waals surface area (Å²) in [6.45, 7) is 5.19. The molecule has 1 aromatic heterocycles. The molecule has 3 rings (SSSR count). The molecule has 1 aromatic rings. The molecule has 0 saturated carbocycles. The molecule has 20 heavy (non-hydrogen) atoms. The maximum Gasteiger partial charge on any atom is 0.223 e. The summed E-state index contributed by atoms with van der Waals surface area (Å²) in [4.78, 5) is 21.9. The molecule has 1 amide bonds. The van der Waals surface area contributed by atoms with Crippen molar-refractivity contribution in [1.29, 1.82) is 0 Å². The van der Waals surface area contributed by atoms with E-state index in [0.717, 1.165) is 70.0 Å². The van der Waals surface area contributed by atoms with E-state index in [1.165, 1.54) is 0 Å². The average Bonchev–Trinajstić information content (AvgIpc) is 2.95. The van der Waals surface area contributed by atoms with Crippen LogP contribution < -0.4 is 5.32 Å². The predicted molar refractivity (Wildman–Crippen MR) is 74.4 cm³/mol. The van der Waals surface area contributed by atoms with Gasteiger partial charge in [0.15, 0.2) is 0 Å². The maximum atomic E-state index is 12.2. The van der Waals surface area contributed by atoms with Crippen molar-refractivity contribution in [2.75, 3.05) is 39.4 Å². The number of carbonyl (C=O) groups is 1. The molecule has 1 aliphatic carbocycles. The Morgan fingerprint density at radius 1 is 1.50 bits per heavy atom. The number of aromatic amines is 1. The normalized spacial score (nSPS) is 23.3. The maximum absolute atomic E-state index is 12.2. The van der Waals surface area contributed by atoms with Crippen molar-refractivity contribution in [3.63, 3.8) is 0 Å². The fourth-order valence-electron chi connectivity index (χ4n) is 2.93. The number of amides is 1. The van der Waals surface area contributed by atoms with Gasteiger partial charge in [-0.2, -0.15) is 0 Å². The number of hydrogen-bond donors (Lipinski definition) is 2. The van der Waals surface area contributed by atoms with E-state index in [1.54, 1.807) is 6.33 Å². The standard InChI is InChI=1S/C14H22N4O2/c19-14(15-3-4-18-5-7-20-8-6-18)11-1-2-12-13(9-11)17-10-16-12/h10-11H,1-9H2,(H,15,19)(H,16,17). The van der Waals surface area contributed by atoms with Gasteiger partial charge in [-0.25, -0.2) is 4.98 Å². The van der Waals surface area contributed by atoms with Gasteiger partial charge in [0, 0.05) is 44.2 Å². The third-order valence-corrected chi connectivity index (χ3v) is 4.19. The summed E-state index contributed by atoms with van der Waals surface area (Å²) in [6, 6.07) is 0. The van der Waals surface area contributed by atoms with Crippen LogP contribution in [0.5, 0.6) is 0 Å². The summed E-state index contributed by atoms with van der Waals surface area (Å²) >= 11 is 0. The Balaban J connectivity index is 1.41. The van der Waals surface area contributed by atoms with Crippen molar-refractivity contribution in [1.82, 2.24) is 20.2 Å². The number of morpholine rings is 1. The van der Waals surface area contributed by atoms with Crippen LogP contribution in [-0.4, -0.2) is 60.2 Å². The Hall–Kier alpha value is -1.40. The third-order valence-electron chi connectivity index (χ3n) is 4.19. The number of ether oxygens (including phenoxy) is 1. The first-order valence-electron chi connectivity index (χ1n) is 7.42. The number of imidazole rings is 1. The van der Waals surface area contributed by atoms with Crippen LogP contribution >= 0.6 is 0 Å². The summed E-state index contributed by atoms with van der Waals surface area (Å²) in [5.74, 6) is 0.270. The number of nitrogens with zero attached hydrogens (tertiary/aromatic N) is 2. The summed E-state index contributed by atoms with van der Waals surface area (Å²) in [6.07, 6.45) is 4.32. The van der Waals surface area contributed by atoms with Gasteiger partial charge in [-0.05, 0) is 12.8 Å². The van der Waals surface area contributed by atoms with Crippen LogP contribution in [0.1, 0.15) is 17.8 Å².